The van der Waals surface area contributed by atoms with Crippen LogP contribution in [0.3, 0.4) is 0 Å². The molecule has 0 saturated carbocycles. The zero-order valence-electron chi connectivity index (χ0n) is 8.42. The number of aryl methyl sites for hydroxylation is 1. The zero-order chi connectivity index (χ0) is 9.84. The van der Waals surface area contributed by atoms with Gasteiger partial charge in [0.25, 0.3) is 0 Å². The molecule has 0 aliphatic heterocycles. The molecule has 1 aromatic heterocycles. The molecular formula is C11H16ClN. The van der Waals surface area contributed by atoms with Crippen molar-refractivity contribution in [1.82, 2.24) is 4.98 Å². The van der Waals surface area contributed by atoms with Crippen LogP contribution in [0.4, 0.5) is 0 Å². The Morgan fingerprint density at radius 1 is 1.54 bits per heavy atom. The van der Waals surface area contributed by atoms with E-state index in [0.29, 0.717) is 5.92 Å². The zero-order valence-corrected chi connectivity index (χ0v) is 9.17. The molecule has 13 heavy (non-hydrogen) atoms. The molecule has 2 atom stereocenters. The van der Waals surface area contributed by atoms with Crippen molar-refractivity contribution in [2.75, 3.05) is 0 Å². The van der Waals surface area contributed by atoms with Gasteiger partial charge in [0.05, 0.1) is 0 Å². The van der Waals surface area contributed by atoms with Crippen LogP contribution in [0.5, 0.6) is 0 Å². The van der Waals surface area contributed by atoms with Crippen LogP contribution in [-0.2, 0) is 0 Å². The third-order valence-electron chi connectivity index (χ3n) is 2.46. The first-order valence-electron chi connectivity index (χ1n) is 4.71. The number of pyridine rings is 1. The molecule has 0 aliphatic carbocycles. The molecule has 0 saturated heterocycles. The van der Waals surface area contributed by atoms with Crippen LogP contribution in [0.1, 0.15) is 37.3 Å². The first-order valence-corrected chi connectivity index (χ1v) is 5.15. The van der Waals surface area contributed by atoms with Crippen molar-refractivity contribution in [3.63, 3.8) is 0 Å². The predicted octanol–water partition coefficient (Wildman–Crippen LogP) is 3.51. The van der Waals surface area contributed by atoms with Gasteiger partial charge >= 0.3 is 0 Å². The van der Waals surface area contributed by atoms with Crippen molar-refractivity contribution >= 4 is 11.6 Å². The minimum Gasteiger partial charge on any atom is -0.264 e. The Bertz CT molecular complexity index is 271. The quantitative estimate of drug-likeness (QED) is 0.676. The Kier molecular flexibility index (Phi) is 3.73. The molecule has 0 aromatic carbocycles. The molecule has 72 valence electrons. The van der Waals surface area contributed by atoms with Gasteiger partial charge in [-0.05, 0) is 37.5 Å². The fraction of sp³-hybridized carbons (Fsp3) is 0.545. The topological polar surface area (TPSA) is 12.9 Å². The average molecular weight is 198 g/mol. The van der Waals surface area contributed by atoms with E-state index in [4.69, 9.17) is 11.6 Å². The summed E-state index contributed by atoms with van der Waals surface area (Å²) in [7, 11) is 0. The Morgan fingerprint density at radius 3 is 2.69 bits per heavy atom. The number of nitrogens with zero attached hydrogens (tertiary/aromatic N) is 1. The highest BCUT2D eigenvalue weighted by atomic mass is 35.5. The maximum absolute atomic E-state index is 6.13. The van der Waals surface area contributed by atoms with Crippen molar-refractivity contribution in [3.8, 4) is 0 Å². The molecule has 1 heterocycles. The van der Waals surface area contributed by atoms with Crippen molar-refractivity contribution in [1.29, 1.82) is 0 Å². The van der Waals surface area contributed by atoms with E-state index in [9.17, 15) is 0 Å². The molecule has 1 nitrogen and oxygen atoms in total. The van der Waals surface area contributed by atoms with E-state index in [0.717, 1.165) is 6.42 Å². The first-order chi connectivity index (χ1) is 6.16. The smallest absolute Gasteiger partial charge is 0.0376 e. The lowest BCUT2D eigenvalue weighted by atomic mass is 9.91. The predicted molar refractivity (Wildman–Crippen MR) is 57.3 cm³/mol. The van der Waals surface area contributed by atoms with Gasteiger partial charge in [0.15, 0.2) is 0 Å². The molecule has 2 unspecified atom stereocenters. The highest BCUT2D eigenvalue weighted by Crippen LogP contribution is 2.28. The molecule has 1 rings (SSSR count). The maximum atomic E-state index is 6.13. The number of halogens is 1. The Morgan fingerprint density at radius 2 is 2.23 bits per heavy atom. The van der Waals surface area contributed by atoms with E-state index < -0.39 is 0 Å². The van der Waals surface area contributed by atoms with Gasteiger partial charge in [-0.1, -0.05) is 6.92 Å². The van der Waals surface area contributed by atoms with Crippen LogP contribution in [0.25, 0.3) is 0 Å². The normalized spacial score (nSPS) is 15.4. The Hall–Kier alpha value is -0.560. The van der Waals surface area contributed by atoms with Crippen LogP contribution >= 0.6 is 11.6 Å². The van der Waals surface area contributed by atoms with Gasteiger partial charge in [-0.15, -0.1) is 11.6 Å². The summed E-state index contributed by atoms with van der Waals surface area (Å²) in [6.45, 7) is 6.31. The maximum Gasteiger partial charge on any atom is 0.0376 e. The first kappa shape index (κ1) is 10.5. The summed E-state index contributed by atoms with van der Waals surface area (Å²) in [5.41, 5.74) is 2.57. The van der Waals surface area contributed by atoms with Crippen LogP contribution in [0.2, 0.25) is 0 Å². The summed E-state index contributed by atoms with van der Waals surface area (Å²) >= 11 is 6.13. The molecule has 0 fully saturated rings. The van der Waals surface area contributed by atoms with Crippen molar-refractivity contribution in [2.24, 2.45) is 0 Å². The molecule has 0 aliphatic rings. The largest absolute Gasteiger partial charge is 0.264 e. The minimum atomic E-state index is 0.186. The second-order valence-electron chi connectivity index (χ2n) is 3.42. The summed E-state index contributed by atoms with van der Waals surface area (Å²) < 4.78 is 0. The molecule has 1 aromatic rings. The van der Waals surface area contributed by atoms with Gasteiger partial charge in [0, 0.05) is 23.7 Å². The molecule has 2 heteroatoms. The summed E-state index contributed by atoms with van der Waals surface area (Å²) in [6, 6.07) is 2.07. The summed E-state index contributed by atoms with van der Waals surface area (Å²) in [5, 5.41) is 0.186. The minimum absolute atomic E-state index is 0.186. The van der Waals surface area contributed by atoms with Gasteiger partial charge in [0.2, 0.25) is 0 Å². The standard InChI is InChI=1S/C11H16ClN/c1-4-10(9(3)12)11-5-6-13-7-8(11)2/h5-7,9-10H,4H2,1-3H3. The van der Waals surface area contributed by atoms with E-state index in [1.807, 2.05) is 12.4 Å². The van der Waals surface area contributed by atoms with Gasteiger partial charge in [-0.25, -0.2) is 0 Å². The van der Waals surface area contributed by atoms with Gasteiger partial charge in [-0.3, -0.25) is 4.98 Å². The van der Waals surface area contributed by atoms with Crippen molar-refractivity contribution in [3.05, 3.63) is 29.6 Å². The summed E-state index contributed by atoms with van der Waals surface area (Å²) in [6.07, 6.45) is 4.82. The average Bonchev–Trinajstić information content (AvgIpc) is 2.09. The number of alkyl halides is 1. The van der Waals surface area contributed by atoms with E-state index >= 15 is 0 Å². The second kappa shape index (κ2) is 4.61. The highest BCUT2D eigenvalue weighted by Gasteiger charge is 2.16. The fourth-order valence-corrected chi connectivity index (χ4v) is 2.01. The molecule has 0 spiro atoms. The summed E-state index contributed by atoms with van der Waals surface area (Å²) in [5.74, 6) is 0.449. The lowest BCUT2D eigenvalue weighted by Crippen LogP contribution is -2.09. The van der Waals surface area contributed by atoms with Gasteiger partial charge < -0.3 is 0 Å². The van der Waals surface area contributed by atoms with Crippen LogP contribution in [0, 0.1) is 6.92 Å². The summed E-state index contributed by atoms with van der Waals surface area (Å²) in [4.78, 5) is 4.08. The van der Waals surface area contributed by atoms with Crippen molar-refractivity contribution in [2.45, 2.75) is 38.5 Å². The number of hydrogen-bond acceptors (Lipinski definition) is 1. The van der Waals surface area contributed by atoms with E-state index in [1.54, 1.807) is 0 Å². The lowest BCUT2D eigenvalue weighted by molar-refractivity contribution is 0.644. The van der Waals surface area contributed by atoms with Crippen LogP contribution < -0.4 is 0 Å². The van der Waals surface area contributed by atoms with E-state index in [-0.39, 0.29) is 5.38 Å². The fourth-order valence-electron chi connectivity index (χ4n) is 1.69. The van der Waals surface area contributed by atoms with Crippen molar-refractivity contribution < 1.29 is 0 Å². The molecular weight excluding hydrogens is 182 g/mol. The molecule has 0 radical (unpaired) electrons. The number of hydrogen-bond donors (Lipinski definition) is 0. The Balaban J connectivity index is 2.97. The number of aromatic nitrogens is 1. The Labute approximate surface area is 85.1 Å². The lowest BCUT2D eigenvalue weighted by Gasteiger charge is -2.19. The number of rotatable bonds is 3. The van der Waals surface area contributed by atoms with Gasteiger partial charge in [0.1, 0.15) is 0 Å². The monoisotopic (exact) mass is 197 g/mol. The second-order valence-corrected chi connectivity index (χ2v) is 4.11. The SMILES string of the molecule is CCC(c1ccncc1C)C(C)Cl. The molecule has 0 amide bonds. The van der Waals surface area contributed by atoms with E-state index in [1.165, 1.54) is 11.1 Å². The third-order valence-corrected chi connectivity index (χ3v) is 2.76. The molecule has 0 N–H and O–H groups in total. The van der Waals surface area contributed by atoms with Gasteiger partial charge in [-0.2, -0.15) is 0 Å². The third kappa shape index (κ3) is 2.44. The van der Waals surface area contributed by atoms with Crippen LogP contribution in [0.15, 0.2) is 18.5 Å². The van der Waals surface area contributed by atoms with E-state index in [2.05, 4.69) is 31.8 Å². The van der Waals surface area contributed by atoms with Crippen LogP contribution in [-0.4, -0.2) is 10.4 Å². The molecule has 0 bridgehead atoms. The highest BCUT2D eigenvalue weighted by molar-refractivity contribution is 6.20.